The van der Waals surface area contributed by atoms with Crippen molar-refractivity contribution in [2.24, 2.45) is 0 Å². The molecule has 3 aromatic carbocycles. The summed E-state index contributed by atoms with van der Waals surface area (Å²) >= 11 is 1.36. The lowest BCUT2D eigenvalue weighted by Gasteiger charge is -2.49. The number of nitrogens with one attached hydrogen (secondary N) is 1. The predicted molar refractivity (Wildman–Crippen MR) is 240 cm³/mol. The molecule has 2 fully saturated rings. The number of aromatic nitrogens is 1. The van der Waals surface area contributed by atoms with E-state index in [-0.39, 0.29) is 30.4 Å². The number of carbonyl (C=O) groups is 6. The lowest BCUT2D eigenvalue weighted by molar-refractivity contribution is -0.684. The lowest BCUT2D eigenvalue weighted by atomic mass is 10.00. The first-order valence-corrected chi connectivity index (χ1v) is 22.2. The van der Waals surface area contributed by atoms with E-state index in [2.05, 4.69) is 5.32 Å². The van der Waals surface area contributed by atoms with Crippen molar-refractivity contribution in [3.8, 4) is 0 Å². The van der Waals surface area contributed by atoms with Crippen molar-refractivity contribution in [1.29, 1.82) is 0 Å². The molecule has 3 aliphatic rings. The maximum Gasteiger partial charge on any atom is 0.534 e. The van der Waals surface area contributed by atoms with Gasteiger partial charge in [0.2, 0.25) is 12.5 Å². The van der Waals surface area contributed by atoms with Gasteiger partial charge in [0.05, 0.1) is 5.69 Å². The molecule has 7 rings (SSSR count). The Hall–Kier alpha value is -6.94. The van der Waals surface area contributed by atoms with Crippen molar-refractivity contribution in [2.75, 3.05) is 17.4 Å². The van der Waals surface area contributed by atoms with Crippen molar-refractivity contribution in [2.45, 2.75) is 89.8 Å². The molecule has 0 radical (unpaired) electrons. The number of pyridine rings is 1. The number of carbonyl (C=O) groups excluding carboxylic acids is 6. The van der Waals surface area contributed by atoms with Crippen molar-refractivity contribution in [3.63, 3.8) is 0 Å². The highest BCUT2D eigenvalue weighted by Gasteiger charge is 2.55. The molecule has 15 nitrogen and oxygen atoms in total. The van der Waals surface area contributed by atoms with Crippen LogP contribution in [0.5, 0.6) is 0 Å². The number of anilines is 1. The fourth-order valence-electron chi connectivity index (χ4n) is 7.38. The SMILES string of the molecule is CC(C)(C)OC(=O)NC1C(=O)N2C(C(=O)OC(c3ccccc3)c3ccccc3)=C(C=C3CCN(Cc4cc[n+](CC(=O)N(OC(=O)OC(C)(C)C)c5ccccc5)cc4)C3=O)CSC12. The zero-order valence-corrected chi connectivity index (χ0v) is 37.9. The van der Waals surface area contributed by atoms with Gasteiger partial charge in [-0.1, -0.05) is 78.9 Å². The minimum Gasteiger partial charge on any atom is -0.448 e. The molecule has 2 atom stereocenters. The smallest absolute Gasteiger partial charge is 0.448 e. The number of thioether (sulfide) groups is 1. The van der Waals surface area contributed by atoms with Crippen LogP contribution in [0.4, 0.5) is 15.3 Å². The molecule has 4 heterocycles. The maximum absolute atomic E-state index is 14.5. The molecule has 1 aromatic heterocycles. The predicted octanol–water partition coefficient (Wildman–Crippen LogP) is 6.93. The molecule has 0 spiro atoms. The average Bonchev–Trinajstić information content (AvgIpc) is 3.60. The van der Waals surface area contributed by atoms with Crippen LogP contribution in [0, 0.1) is 0 Å². The van der Waals surface area contributed by atoms with Gasteiger partial charge in [-0.25, -0.2) is 14.4 Å². The molecule has 16 heteroatoms. The van der Waals surface area contributed by atoms with Gasteiger partial charge in [0, 0.05) is 36.5 Å². The lowest BCUT2D eigenvalue weighted by Crippen LogP contribution is -2.70. The quantitative estimate of drug-likeness (QED) is 0.0415. The zero-order chi connectivity index (χ0) is 46.5. The number of amides is 4. The highest BCUT2D eigenvalue weighted by Crippen LogP contribution is 2.43. The third-order valence-corrected chi connectivity index (χ3v) is 11.6. The van der Waals surface area contributed by atoms with Crippen molar-refractivity contribution < 1.29 is 52.4 Å². The van der Waals surface area contributed by atoms with E-state index in [0.29, 0.717) is 29.8 Å². The second kappa shape index (κ2) is 19.4. The van der Waals surface area contributed by atoms with E-state index < -0.39 is 58.8 Å². The maximum atomic E-state index is 14.5. The van der Waals surface area contributed by atoms with Crippen molar-refractivity contribution >= 4 is 53.4 Å². The van der Waals surface area contributed by atoms with Gasteiger partial charge in [0.15, 0.2) is 18.5 Å². The molecule has 65 heavy (non-hydrogen) atoms. The standard InChI is InChI=1S/C49H51N5O10S/c1-48(2,3)62-46(59)50-39-43(57)53-40(45(58)61-41(33-16-10-7-11-17-33)34-18-12-8-13-19-34)36(31-65-44(39)53)28-35-24-27-52(42(35)56)29-32-22-25-51(26-23-32)30-38(55)54(37-20-14-9-15-21-37)64-47(60)63-49(4,5)6/h7-23,25-26,28,39,41,44H,24,27,29-31H2,1-6H3/p+1. The van der Waals surface area contributed by atoms with Gasteiger partial charge in [-0.05, 0) is 88.4 Å². The highest BCUT2D eigenvalue weighted by molar-refractivity contribution is 8.00. The van der Waals surface area contributed by atoms with Gasteiger partial charge < -0.3 is 24.4 Å². The molecule has 338 valence electrons. The number of para-hydroxylation sites is 1. The molecule has 0 aliphatic carbocycles. The van der Waals surface area contributed by atoms with Crippen LogP contribution in [0.2, 0.25) is 0 Å². The van der Waals surface area contributed by atoms with E-state index in [1.807, 2.05) is 60.7 Å². The molecular weight excluding hydrogens is 851 g/mol. The summed E-state index contributed by atoms with van der Waals surface area (Å²) in [4.78, 5) is 89.5. The number of esters is 1. The minimum absolute atomic E-state index is 0.0149. The summed E-state index contributed by atoms with van der Waals surface area (Å²) in [6.07, 6.45) is 2.91. The Morgan fingerprint density at radius 2 is 1.42 bits per heavy atom. The summed E-state index contributed by atoms with van der Waals surface area (Å²) in [6.45, 7) is 10.8. The van der Waals surface area contributed by atoms with E-state index in [0.717, 1.165) is 21.8 Å². The monoisotopic (exact) mass is 902 g/mol. The third-order valence-electron chi connectivity index (χ3n) is 10.3. The second-order valence-electron chi connectivity index (χ2n) is 17.6. The fraction of sp³-hybridized carbons (Fsp3) is 0.327. The molecule has 0 bridgehead atoms. The van der Waals surface area contributed by atoms with Crippen LogP contribution in [0.1, 0.15) is 70.8 Å². The molecule has 2 unspecified atom stereocenters. The minimum atomic E-state index is -1.02. The molecule has 1 N–H and O–H groups in total. The van der Waals surface area contributed by atoms with Crippen molar-refractivity contribution in [1.82, 2.24) is 15.1 Å². The molecule has 0 saturated carbocycles. The summed E-state index contributed by atoms with van der Waals surface area (Å²) in [5.41, 5.74) is 1.93. The number of likely N-dealkylation sites (tertiary alicyclic amines) is 1. The Kier molecular flexibility index (Phi) is 13.8. The van der Waals surface area contributed by atoms with E-state index in [9.17, 15) is 28.8 Å². The van der Waals surface area contributed by atoms with Crippen molar-refractivity contribution in [3.05, 3.63) is 155 Å². The first-order chi connectivity index (χ1) is 30.9. The van der Waals surface area contributed by atoms with E-state index in [1.54, 1.807) is 112 Å². The summed E-state index contributed by atoms with van der Waals surface area (Å²) in [5.74, 6) is -1.75. The highest BCUT2D eigenvalue weighted by atomic mass is 32.2. The number of hydrogen-bond acceptors (Lipinski definition) is 11. The Balaban J connectivity index is 1.09. The number of benzene rings is 3. The number of rotatable bonds is 11. The Bertz CT molecular complexity index is 2450. The molecule has 4 aromatic rings. The summed E-state index contributed by atoms with van der Waals surface area (Å²) in [7, 11) is 0. The van der Waals surface area contributed by atoms with Crippen LogP contribution in [-0.4, -0.2) is 80.7 Å². The molecule has 3 aliphatic heterocycles. The molecular formula is C49H52N5O10S+. The summed E-state index contributed by atoms with van der Waals surface area (Å²) < 4.78 is 18.6. The first kappa shape index (κ1) is 46.1. The second-order valence-corrected chi connectivity index (χ2v) is 18.7. The Morgan fingerprint density at radius 3 is 2.00 bits per heavy atom. The summed E-state index contributed by atoms with van der Waals surface area (Å²) in [5, 5.41) is 2.96. The van der Waals surface area contributed by atoms with Gasteiger partial charge in [0.1, 0.15) is 28.3 Å². The molecule has 4 amide bonds. The van der Waals surface area contributed by atoms with Gasteiger partial charge >= 0.3 is 24.1 Å². The topological polar surface area (TPSA) is 165 Å². The molecule has 2 saturated heterocycles. The average molecular weight is 903 g/mol. The van der Waals surface area contributed by atoms with Gasteiger partial charge in [-0.2, -0.15) is 4.57 Å². The number of fused-ring (bicyclic) bond motifs is 1. The number of hydroxylamine groups is 1. The number of allylic oxidation sites excluding steroid dienone is 1. The summed E-state index contributed by atoms with van der Waals surface area (Å²) in [6, 6.07) is 29.7. The van der Waals surface area contributed by atoms with Crippen LogP contribution in [0.15, 0.2) is 138 Å². The number of ether oxygens (including phenoxy) is 3. The normalized spacial score (nSPS) is 17.9. The fourth-order valence-corrected chi connectivity index (χ4v) is 8.69. The first-order valence-electron chi connectivity index (χ1n) is 21.2. The largest absolute Gasteiger partial charge is 0.534 e. The third kappa shape index (κ3) is 11.4. The van der Waals surface area contributed by atoms with Crippen LogP contribution in [-0.2, 0) is 51.3 Å². The number of alkyl carbamates (subject to hydrolysis) is 1. The number of hydrogen-bond donors (Lipinski definition) is 1. The zero-order valence-electron chi connectivity index (χ0n) is 37.1. The van der Waals surface area contributed by atoms with E-state index in [4.69, 9.17) is 19.0 Å². The van der Waals surface area contributed by atoms with Crippen LogP contribution >= 0.6 is 11.8 Å². The Morgan fingerprint density at radius 1 is 0.831 bits per heavy atom. The van der Waals surface area contributed by atoms with Gasteiger partial charge in [-0.15, -0.1) is 16.8 Å². The van der Waals surface area contributed by atoms with Crippen LogP contribution in [0.25, 0.3) is 0 Å². The van der Waals surface area contributed by atoms with E-state index in [1.165, 1.54) is 16.7 Å². The van der Waals surface area contributed by atoms with Gasteiger partial charge in [0.25, 0.3) is 5.91 Å². The Labute approximate surface area is 381 Å². The van der Waals surface area contributed by atoms with Gasteiger partial charge in [-0.3, -0.25) is 24.1 Å². The number of nitrogens with zero attached hydrogens (tertiary/aromatic N) is 4. The van der Waals surface area contributed by atoms with E-state index >= 15 is 0 Å². The van der Waals surface area contributed by atoms with Crippen LogP contribution in [0.3, 0.4) is 0 Å². The van der Waals surface area contributed by atoms with Crippen LogP contribution < -0.4 is 14.9 Å². The number of β-lactam (4-membered cyclic amide) rings is 1.